The van der Waals surface area contributed by atoms with Crippen molar-refractivity contribution in [3.63, 3.8) is 0 Å². The first-order chi connectivity index (χ1) is 5.77. The molecule has 1 unspecified atom stereocenters. The lowest BCUT2D eigenvalue weighted by Gasteiger charge is -2.09. The van der Waals surface area contributed by atoms with Gasteiger partial charge in [0.15, 0.2) is 0 Å². The molecule has 1 aromatic rings. The minimum Gasteiger partial charge on any atom is -0.495 e. The van der Waals surface area contributed by atoms with Gasteiger partial charge in [-0.1, -0.05) is 6.92 Å². The summed E-state index contributed by atoms with van der Waals surface area (Å²) in [6, 6.07) is 1.98. The summed E-state index contributed by atoms with van der Waals surface area (Å²) in [5.74, 6) is 0.761. The van der Waals surface area contributed by atoms with Crippen molar-refractivity contribution in [3.05, 3.63) is 24.0 Å². The highest BCUT2D eigenvalue weighted by molar-refractivity contribution is 5.25. The van der Waals surface area contributed by atoms with Gasteiger partial charge in [0.05, 0.1) is 13.3 Å². The average molecular weight is 166 g/mol. The molecule has 0 radical (unpaired) electrons. The summed E-state index contributed by atoms with van der Waals surface area (Å²) < 4.78 is 5.03. The summed E-state index contributed by atoms with van der Waals surface area (Å²) in [5, 5.41) is 0. The van der Waals surface area contributed by atoms with E-state index in [1.807, 2.05) is 13.0 Å². The predicted octanol–water partition coefficient (Wildman–Crippen LogP) is 1.50. The molecule has 0 aromatic carbocycles. The summed E-state index contributed by atoms with van der Waals surface area (Å²) in [5.41, 5.74) is 6.85. The first-order valence-corrected chi connectivity index (χ1v) is 4.02. The first-order valence-electron chi connectivity index (χ1n) is 4.02. The molecule has 0 aliphatic rings. The summed E-state index contributed by atoms with van der Waals surface area (Å²) in [7, 11) is 1.62. The smallest absolute Gasteiger partial charge is 0.137 e. The number of ether oxygens (including phenoxy) is 1. The van der Waals surface area contributed by atoms with E-state index in [-0.39, 0.29) is 6.04 Å². The van der Waals surface area contributed by atoms with Crippen LogP contribution in [0.3, 0.4) is 0 Å². The van der Waals surface area contributed by atoms with Crippen LogP contribution in [0.25, 0.3) is 0 Å². The second-order valence-corrected chi connectivity index (χ2v) is 2.67. The molecule has 0 aliphatic heterocycles. The zero-order valence-corrected chi connectivity index (χ0v) is 7.45. The fourth-order valence-corrected chi connectivity index (χ4v) is 0.986. The van der Waals surface area contributed by atoms with Crippen LogP contribution >= 0.6 is 0 Å². The Hall–Kier alpha value is -1.09. The van der Waals surface area contributed by atoms with Gasteiger partial charge in [0.1, 0.15) is 5.75 Å². The third kappa shape index (κ3) is 1.95. The molecule has 0 amide bonds. The van der Waals surface area contributed by atoms with Gasteiger partial charge >= 0.3 is 0 Å². The number of methoxy groups -OCH3 is 1. The van der Waals surface area contributed by atoms with Gasteiger partial charge in [0, 0.05) is 12.2 Å². The van der Waals surface area contributed by atoms with Crippen molar-refractivity contribution in [1.82, 2.24) is 4.98 Å². The van der Waals surface area contributed by atoms with E-state index in [1.54, 1.807) is 19.5 Å². The van der Waals surface area contributed by atoms with Crippen LogP contribution in [0.5, 0.6) is 5.75 Å². The van der Waals surface area contributed by atoms with Gasteiger partial charge in [0.2, 0.25) is 0 Å². The standard InChI is InChI=1S/C9H14N2O/c1-3-9(10)7-4-8(12-2)6-11-5-7/h4-6,9H,3,10H2,1-2H3. The number of nitrogens with two attached hydrogens (primary N) is 1. The Morgan fingerprint density at radius 2 is 2.33 bits per heavy atom. The van der Waals surface area contributed by atoms with Crippen LogP contribution in [0, 0.1) is 0 Å². The maximum Gasteiger partial charge on any atom is 0.137 e. The molecule has 1 rings (SSSR count). The van der Waals surface area contributed by atoms with Gasteiger partial charge in [-0.25, -0.2) is 0 Å². The van der Waals surface area contributed by atoms with Gasteiger partial charge in [-0.3, -0.25) is 4.98 Å². The van der Waals surface area contributed by atoms with Crippen molar-refractivity contribution in [2.24, 2.45) is 5.73 Å². The lowest BCUT2D eigenvalue weighted by Crippen LogP contribution is -2.08. The van der Waals surface area contributed by atoms with E-state index < -0.39 is 0 Å². The van der Waals surface area contributed by atoms with Crippen molar-refractivity contribution in [2.45, 2.75) is 19.4 Å². The maximum atomic E-state index is 5.82. The summed E-state index contributed by atoms with van der Waals surface area (Å²) in [6.45, 7) is 2.05. The number of nitrogens with zero attached hydrogens (tertiary/aromatic N) is 1. The van der Waals surface area contributed by atoms with Gasteiger partial charge in [0.25, 0.3) is 0 Å². The number of hydrogen-bond donors (Lipinski definition) is 1. The molecule has 1 aromatic heterocycles. The monoisotopic (exact) mass is 166 g/mol. The lowest BCUT2D eigenvalue weighted by atomic mass is 10.1. The normalized spacial score (nSPS) is 12.6. The molecule has 0 spiro atoms. The van der Waals surface area contributed by atoms with Gasteiger partial charge in [-0.05, 0) is 18.1 Å². The van der Waals surface area contributed by atoms with E-state index in [1.165, 1.54) is 0 Å². The van der Waals surface area contributed by atoms with Gasteiger partial charge < -0.3 is 10.5 Å². The molecule has 1 atom stereocenters. The summed E-state index contributed by atoms with van der Waals surface area (Å²) >= 11 is 0. The zero-order chi connectivity index (χ0) is 8.97. The Kier molecular flexibility index (Phi) is 3.05. The SMILES string of the molecule is CCC(N)c1cncc(OC)c1. The van der Waals surface area contributed by atoms with E-state index in [4.69, 9.17) is 10.5 Å². The fourth-order valence-electron chi connectivity index (χ4n) is 0.986. The molecule has 0 bridgehead atoms. The van der Waals surface area contributed by atoms with Crippen LogP contribution in [0.2, 0.25) is 0 Å². The Balaban J connectivity index is 2.86. The van der Waals surface area contributed by atoms with E-state index >= 15 is 0 Å². The molecule has 0 saturated carbocycles. The Morgan fingerprint density at radius 3 is 2.92 bits per heavy atom. The average Bonchev–Trinajstić information content (AvgIpc) is 2.17. The summed E-state index contributed by atoms with van der Waals surface area (Å²) in [4.78, 5) is 4.02. The van der Waals surface area contributed by atoms with Crippen molar-refractivity contribution in [3.8, 4) is 5.75 Å². The van der Waals surface area contributed by atoms with Crippen LogP contribution in [0.15, 0.2) is 18.5 Å². The highest BCUT2D eigenvalue weighted by Crippen LogP contribution is 2.17. The van der Waals surface area contributed by atoms with Gasteiger partial charge in [-0.15, -0.1) is 0 Å². The Labute approximate surface area is 72.6 Å². The molecule has 12 heavy (non-hydrogen) atoms. The summed E-state index contributed by atoms with van der Waals surface area (Å²) in [6.07, 6.45) is 4.36. The number of hydrogen-bond acceptors (Lipinski definition) is 3. The predicted molar refractivity (Wildman–Crippen MR) is 48.0 cm³/mol. The largest absolute Gasteiger partial charge is 0.495 e. The number of rotatable bonds is 3. The van der Waals surface area contributed by atoms with Crippen LogP contribution in [0.1, 0.15) is 24.9 Å². The van der Waals surface area contributed by atoms with E-state index in [2.05, 4.69) is 4.98 Å². The third-order valence-electron chi connectivity index (χ3n) is 1.84. The van der Waals surface area contributed by atoms with Crippen molar-refractivity contribution in [2.75, 3.05) is 7.11 Å². The highest BCUT2D eigenvalue weighted by atomic mass is 16.5. The molecule has 3 nitrogen and oxygen atoms in total. The molecule has 2 N–H and O–H groups in total. The first kappa shape index (κ1) is 9.00. The quantitative estimate of drug-likeness (QED) is 0.740. The molecular formula is C9H14N2O. The van der Waals surface area contributed by atoms with Crippen molar-refractivity contribution >= 4 is 0 Å². The van der Waals surface area contributed by atoms with Crippen molar-refractivity contribution in [1.29, 1.82) is 0 Å². The van der Waals surface area contributed by atoms with Crippen LogP contribution in [-0.2, 0) is 0 Å². The van der Waals surface area contributed by atoms with E-state index in [0.29, 0.717) is 0 Å². The topological polar surface area (TPSA) is 48.1 Å². The van der Waals surface area contributed by atoms with Crippen molar-refractivity contribution < 1.29 is 4.74 Å². The lowest BCUT2D eigenvalue weighted by molar-refractivity contribution is 0.411. The molecular weight excluding hydrogens is 152 g/mol. The minimum atomic E-state index is 0.0626. The minimum absolute atomic E-state index is 0.0626. The molecule has 0 aliphatic carbocycles. The second-order valence-electron chi connectivity index (χ2n) is 2.67. The van der Waals surface area contributed by atoms with Crippen LogP contribution < -0.4 is 10.5 Å². The Bertz CT molecular complexity index is 250. The molecule has 66 valence electrons. The Morgan fingerprint density at radius 1 is 1.58 bits per heavy atom. The van der Waals surface area contributed by atoms with Crippen LogP contribution in [-0.4, -0.2) is 12.1 Å². The van der Waals surface area contributed by atoms with E-state index in [9.17, 15) is 0 Å². The van der Waals surface area contributed by atoms with E-state index in [0.717, 1.165) is 17.7 Å². The fraction of sp³-hybridized carbons (Fsp3) is 0.444. The molecule has 3 heteroatoms. The number of aromatic nitrogens is 1. The van der Waals surface area contributed by atoms with Gasteiger partial charge in [-0.2, -0.15) is 0 Å². The second kappa shape index (κ2) is 4.07. The number of pyridine rings is 1. The van der Waals surface area contributed by atoms with Crippen LogP contribution in [0.4, 0.5) is 0 Å². The third-order valence-corrected chi connectivity index (χ3v) is 1.84. The molecule has 0 saturated heterocycles. The zero-order valence-electron chi connectivity index (χ0n) is 7.45. The molecule has 1 heterocycles. The molecule has 0 fully saturated rings. The highest BCUT2D eigenvalue weighted by Gasteiger charge is 2.03. The maximum absolute atomic E-state index is 5.82.